The molecule has 0 radical (unpaired) electrons. The van der Waals surface area contributed by atoms with E-state index in [1.54, 1.807) is 5.56 Å². The van der Waals surface area contributed by atoms with Crippen LogP contribution in [-0.4, -0.2) is 0 Å². The average Bonchev–Trinajstić information content (AvgIpc) is 3.47. The first kappa shape index (κ1) is 35.1. The molecule has 1 nitrogen and oxygen atoms in total. The fourth-order valence-corrected chi connectivity index (χ4v) is 13.9. The van der Waals surface area contributed by atoms with E-state index >= 15 is 0 Å². The van der Waals surface area contributed by atoms with Crippen LogP contribution in [0.25, 0.3) is 22.3 Å². The summed E-state index contributed by atoms with van der Waals surface area (Å²) in [6.45, 7) is 4.93. The molecule has 7 aliphatic carbocycles. The highest BCUT2D eigenvalue weighted by Gasteiger charge is 2.51. The van der Waals surface area contributed by atoms with Gasteiger partial charge in [0.2, 0.25) is 0 Å². The molecule has 0 unspecified atom stereocenters. The minimum Gasteiger partial charge on any atom is -0.310 e. The van der Waals surface area contributed by atoms with E-state index in [2.05, 4.69) is 128 Å². The van der Waals surface area contributed by atoms with Crippen molar-refractivity contribution < 1.29 is 0 Å². The maximum Gasteiger partial charge on any atom is 0.0543 e. The van der Waals surface area contributed by atoms with Gasteiger partial charge >= 0.3 is 0 Å². The van der Waals surface area contributed by atoms with E-state index in [0.29, 0.717) is 17.3 Å². The van der Waals surface area contributed by atoms with Crippen LogP contribution in [0.2, 0.25) is 0 Å². The lowest BCUT2D eigenvalue weighted by Gasteiger charge is -2.57. The fraction of sp³-hybridized carbons (Fsp3) is 0.455. The van der Waals surface area contributed by atoms with Gasteiger partial charge in [-0.05, 0) is 174 Å². The Labute approximate surface area is 337 Å². The van der Waals surface area contributed by atoms with E-state index in [1.807, 2.05) is 0 Å². The van der Waals surface area contributed by atoms with Crippen molar-refractivity contribution >= 4 is 17.1 Å². The third-order valence-corrected chi connectivity index (χ3v) is 16.2. The van der Waals surface area contributed by atoms with Crippen LogP contribution in [0.4, 0.5) is 17.1 Å². The standard InChI is InChI=1S/C55H61N/c1-54(2)50-16-10-9-15-48(50)49-29-30-51(52(53(49)54)44-19-17-42(18-20-44)40-11-5-3-6-12-40)56(46-25-21-43(22-26-46)41-13-7-4-8-14-41)47-27-23-45(24-28-47)55-34-37-31-38(35-55)33-39(32-37)36-55/h9-10,15-30,37-41H,3-8,11-14,31-36H2,1-2H3. The molecule has 4 bridgehead atoms. The summed E-state index contributed by atoms with van der Waals surface area (Å²) in [5.74, 6) is 4.25. The van der Waals surface area contributed by atoms with Crippen molar-refractivity contribution in [3.05, 3.63) is 137 Å². The van der Waals surface area contributed by atoms with Crippen LogP contribution in [0.5, 0.6) is 0 Å². The lowest BCUT2D eigenvalue weighted by molar-refractivity contribution is -0.00518. The van der Waals surface area contributed by atoms with Crippen LogP contribution >= 0.6 is 0 Å². The third-order valence-electron chi connectivity index (χ3n) is 16.2. The zero-order chi connectivity index (χ0) is 37.4. The Morgan fingerprint density at radius 1 is 0.500 bits per heavy atom. The summed E-state index contributed by atoms with van der Waals surface area (Å²) in [5.41, 5.74) is 17.2. The predicted octanol–water partition coefficient (Wildman–Crippen LogP) is 15.7. The van der Waals surface area contributed by atoms with Gasteiger partial charge in [-0.15, -0.1) is 0 Å². The molecule has 5 aromatic rings. The molecule has 0 saturated heterocycles. The molecular formula is C55H61N. The Morgan fingerprint density at radius 3 is 1.59 bits per heavy atom. The topological polar surface area (TPSA) is 3.24 Å². The Bertz CT molecular complexity index is 2170. The molecule has 56 heavy (non-hydrogen) atoms. The minimum absolute atomic E-state index is 0.127. The maximum absolute atomic E-state index is 2.62. The van der Waals surface area contributed by atoms with Gasteiger partial charge in [-0.2, -0.15) is 0 Å². The molecule has 0 aliphatic heterocycles. The number of hydrogen-bond donors (Lipinski definition) is 0. The molecule has 0 N–H and O–H groups in total. The summed E-state index contributed by atoms with van der Waals surface area (Å²) >= 11 is 0. The Hall–Kier alpha value is -4.10. The second-order valence-electron chi connectivity index (χ2n) is 20.0. The molecule has 5 aromatic carbocycles. The summed E-state index contributed by atoms with van der Waals surface area (Å²) in [6.07, 6.45) is 22.3. The Morgan fingerprint density at radius 2 is 1.02 bits per heavy atom. The van der Waals surface area contributed by atoms with Gasteiger partial charge in [0, 0.05) is 22.4 Å². The first-order valence-electron chi connectivity index (χ1n) is 22.8. The van der Waals surface area contributed by atoms with Gasteiger partial charge in [-0.3, -0.25) is 0 Å². The second-order valence-corrected chi connectivity index (χ2v) is 20.0. The van der Waals surface area contributed by atoms with Crippen LogP contribution in [0.3, 0.4) is 0 Å². The highest BCUT2D eigenvalue weighted by atomic mass is 15.1. The Kier molecular flexibility index (Phi) is 8.64. The first-order valence-corrected chi connectivity index (χ1v) is 22.8. The molecule has 6 saturated carbocycles. The molecule has 0 aromatic heterocycles. The van der Waals surface area contributed by atoms with Crippen molar-refractivity contribution in [1.82, 2.24) is 0 Å². The van der Waals surface area contributed by atoms with Crippen molar-refractivity contribution in [2.45, 2.75) is 139 Å². The van der Waals surface area contributed by atoms with Gasteiger partial charge in [0.05, 0.1) is 5.69 Å². The Balaban J connectivity index is 1.07. The molecule has 1 heteroatoms. The minimum atomic E-state index is -0.127. The summed E-state index contributed by atoms with van der Waals surface area (Å²) in [5, 5.41) is 0. The molecule has 0 spiro atoms. The van der Waals surface area contributed by atoms with Crippen molar-refractivity contribution in [1.29, 1.82) is 0 Å². The molecule has 7 aliphatic rings. The van der Waals surface area contributed by atoms with Crippen molar-refractivity contribution in [3.63, 3.8) is 0 Å². The number of benzene rings is 5. The summed E-state index contributed by atoms with van der Waals surface area (Å²) in [4.78, 5) is 2.62. The van der Waals surface area contributed by atoms with E-state index in [0.717, 1.165) is 17.8 Å². The monoisotopic (exact) mass is 735 g/mol. The van der Waals surface area contributed by atoms with E-state index in [1.165, 1.54) is 164 Å². The smallest absolute Gasteiger partial charge is 0.0543 e. The van der Waals surface area contributed by atoms with Crippen LogP contribution in [0.15, 0.2) is 109 Å². The van der Waals surface area contributed by atoms with E-state index in [-0.39, 0.29) is 5.41 Å². The quantitative estimate of drug-likeness (QED) is 0.161. The lowest BCUT2D eigenvalue weighted by Crippen LogP contribution is -2.48. The van der Waals surface area contributed by atoms with Gasteiger partial charge in [-0.1, -0.05) is 131 Å². The SMILES string of the molecule is CC1(C)c2ccccc2-c2ccc(N(c3ccc(C4CCCCC4)cc3)c3ccc(C45CC6CC(CC(C6)C4)C5)cc3)c(-c3ccc(C4CCCCC4)cc3)c21. The van der Waals surface area contributed by atoms with E-state index in [4.69, 9.17) is 0 Å². The van der Waals surface area contributed by atoms with E-state index < -0.39 is 0 Å². The maximum atomic E-state index is 2.62. The van der Waals surface area contributed by atoms with Gasteiger partial charge in [0.1, 0.15) is 0 Å². The molecule has 0 amide bonds. The highest BCUT2D eigenvalue weighted by molar-refractivity contribution is 5.97. The zero-order valence-corrected chi connectivity index (χ0v) is 34.0. The van der Waals surface area contributed by atoms with Crippen LogP contribution in [0, 0.1) is 17.8 Å². The normalized spacial score (nSPS) is 26.6. The van der Waals surface area contributed by atoms with Crippen LogP contribution in [-0.2, 0) is 10.8 Å². The van der Waals surface area contributed by atoms with Gasteiger partial charge in [0.25, 0.3) is 0 Å². The molecular weight excluding hydrogens is 675 g/mol. The number of anilines is 3. The molecule has 286 valence electrons. The number of rotatable bonds is 7. The molecule has 0 atom stereocenters. The predicted molar refractivity (Wildman–Crippen MR) is 236 cm³/mol. The molecule has 0 heterocycles. The number of nitrogens with zero attached hydrogens (tertiary/aromatic N) is 1. The number of hydrogen-bond acceptors (Lipinski definition) is 1. The van der Waals surface area contributed by atoms with Crippen molar-refractivity contribution in [2.75, 3.05) is 4.90 Å². The van der Waals surface area contributed by atoms with Crippen LogP contribution in [0.1, 0.15) is 156 Å². The van der Waals surface area contributed by atoms with Crippen LogP contribution < -0.4 is 4.90 Å². The first-order chi connectivity index (χ1) is 27.4. The molecule has 6 fully saturated rings. The molecule has 12 rings (SSSR count). The largest absolute Gasteiger partial charge is 0.310 e. The van der Waals surface area contributed by atoms with Crippen molar-refractivity contribution in [3.8, 4) is 22.3 Å². The van der Waals surface area contributed by atoms with E-state index in [9.17, 15) is 0 Å². The van der Waals surface area contributed by atoms with Gasteiger partial charge < -0.3 is 4.90 Å². The van der Waals surface area contributed by atoms with Gasteiger partial charge in [0.15, 0.2) is 0 Å². The lowest BCUT2D eigenvalue weighted by atomic mass is 9.48. The van der Waals surface area contributed by atoms with Crippen molar-refractivity contribution in [2.24, 2.45) is 17.8 Å². The third kappa shape index (κ3) is 5.84. The van der Waals surface area contributed by atoms with Gasteiger partial charge in [-0.25, -0.2) is 0 Å². The summed E-state index contributed by atoms with van der Waals surface area (Å²) < 4.78 is 0. The highest BCUT2D eigenvalue weighted by Crippen LogP contribution is 2.61. The fourth-order valence-electron chi connectivity index (χ4n) is 13.9. The number of fused-ring (bicyclic) bond motifs is 3. The zero-order valence-electron chi connectivity index (χ0n) is 34.0. The summed E-state index contributed by atoms with van der Waals surface area (Å²) in [6, 6.07) is 43.9. The summed E-state index contributed by atoms with van der Waals surface area (Å²) in [7, 11) is 0. The second kappa shape index (κ2) is 13.8. The average molecular weight is 736 g/mol.